The first-order valence-corrected chi connectivity index (χ1v) is 8.85. The fraction of sp³-hybridized carbons (Fsp3) is 0.375. The quantitative estimate of drug-likeness (QED) is 0.841. The van der Waals surface area contributed by atoms with Gasteiger partial charge in [0, 0.05) is 12.7 Å². The van der Waals surface area contributed by atoms with E-state index >= 15 is 0 Å². The molecule has 2 aromatic rings. The second kappa shape index (κ2) is 7.04. The molecule has 0 radical (unpaired) electrons. The molecule has 0 unspecified atom stereocenters. The molecular weight excluding hydrogens is 326 g/mol. The van der Waals surface area contributed by atoms with Crippen molar-refractivity contribution in [1.29, 1.82) is 0 Å². The number of unbranched alkanes of at least 4 members (excludes halogenated alkanes) is 1. The summed E-state index contributed by atoms with van der Waals surface area (Å²) in [5.74, 6) is 0.0640. The van der Waals surface area contributed by atoms with Crippen LogP contribution in [-0.2, 0) is 4.79 Å². The summed E-state index contributed by atoms with van der Waals surface area (Å²) >= 11 is 1.35. The highest BCUT2D eigenvalue weighted by Gasteiger charge is 2.28. The highest BCUT2D eigenvalue weighted by Crippen LogP contribution is 2.19. The lowest BCUT2D eigenvalue weighted by atomic mass is 10.3. The molecule has 1 saturated heterocycles. The van der Waals surface area contributed by atoms with E-state index in [2.05, 4.69) is 22.4 Å². The zero-order valence-corrected chi connectivity index (χ0v) is 14.5. The first kappa shape index (κ1) is 16.5. The van der Waals surface area contributed by atoms with E-state index < -0.39 is 0 Å². The molecule has 3 rings (SSSR count). The standard InChI is InChI=1S/C16H19N5O2S/c1-3-4-8-21-13(22)10-24-16(21)19-18-15(23)14-11(2)17-12-7-5-6-9-20(12)14/h5-7,9H,3-4,8,10H2,1-2H3,(H,18,23)/b19-16-. The molecule has 8 heteroatoms. The molecule has 24 heavy (non-hydrogen) atoms. The van der Waals surface area contributed by atoms with Gasteiger partial charge in [-0.15, -0.1) is 5.10 Å². The first-order chi connectivity index (χ1) is 11.6. The molecule has 1 N–H and O–H groups in total. The third-order valence-corrected chi connectivity index (χ3v) is 4.73. The second-order valence-electron chi connectivity index (χ2n) is 5.50. The van der Waals surface area contributed by atoms with Gasteiger partial charge in [0.25, 0.3) is 5.91 Å². The number of hydrazone groups is 1. The molecule has 0 aromatic carbocycles. The SMILES string of the molecule is CCCCN1C(=O)CS/C1=N\NC(=O)c1c(C)nc2ccccn12. The Bertz CT molecular complexity index is 814. The second-order valence-corrected chi connectivity index (χ2v) is 6.44. The minimum Gasteiger partial charge on any atom is -0.295 e. The van der Waals surface area contributed by atoms with Crippen LogP contribution in [0.25, 0.3) is 5.65 Å². The minimum absolute atomic E-state index is 0.0347. The molecule has 0 bridgehead atoms. The predicted octanol–water partition coefficient (Wildman–Crippen LogP) is 2.02. The maximum Gasteiger partial charge on any atom is 0.290 e. The third-order valence-electron chi connectivity index (χ3n) is 3.76. The van der Waals surface area contributed by atoms with Crippen molar-refractivity contribution in [2.24, 2.45) is 5.10 Å². The Hall–Kier alpha value is -2.35. The van der Waals surface area contributed by atoms with Crippen LogP contribution in [0.3, 0.4) is 0 Å². The number of pyridine rings is 1. The number of amidine groups is 1. The molecule has 1 aliphatic heterocycles. The Balaban J connectivity index is 1.79. The topological polar surface area (TPSA) is 79.1 Å². The van der Waals surface area contributed by atoms with E-state index in [0.717, 1.165) is 12.8 Å². The summed E-state index contributed by atoms with van der Waals surface area (Å²) in [4.78, 5) is 30.4. The average molecular weight is 345 g/mol. The van der Waals surface area contributed by atoms with Crippen LogP contribution in [0.15, 0.2) is 29.5 Å². The first-order valence-electron chi connectivity index (χ1n) is 7.86. The number of hydrogen-bond donors (Lipinski definition) is 1. The summed E-state index contributed by atoms with van der Waals surface area (Å²) in [6.07, 6.45) is 3.69. The lowest BCUT2D eigenvalue weighted by Crippen LogP contribution is -2.32. The molecule has 0 atom stereocenters. The number of hydrogen-bond acceptors (Lipinski definition) is 5. The largest absolute Gasteiger partial charge is 0.295 e. The smallest absolute Gasteiger partial charge is 0.290 e. The van der Waals surface area contributed by atoms with Gasteiger partial charge in [0.2, 0.25) is 5.91 Å². The Morgan fingerprint density at radius 3 is 3.08 bits per heavy atom. The summed E-state index contributed by atoms with van der Waals surface area (Å²) in [6, 6.07) is 5.55. The number of aryl methyl sites for hydroxylation is 1. The van der Waals surface area contributed by atoms with Crippen LogP contribution < -0.4 is 5.43 Å². The number of carbonyl (C=O) groups is 2. The maximum atomic E-state index is 12.5. The van der Waals surface area contributed by atoms with Gasteiger partial charge >= 0.3 is 0 Å². The molecule has 7 nitrogen and oxygen atoms in total. The Kier molecular flexibility index (Phi) is 4.84. The third kappa shape index (κ3) is 3.14. The van der Waals surface area contributed by atoms with Crippen LogP contribution in [0.4, 0.5) is 0 Å². The molecule has 126 valence electrons. The Labute approximate surface area is 144 Å². The van der Waals surface area contributed by atoms with Crippen LogP contribution in [0.2, 0.25) is 0 Å². The van der Waals surface area contributed by atoms with Gasteiger partial charge < -0.3 is 0 Å². The Morgan fingerprint density at radius 2 is 2.29 bits per heavy atom. The molecular formula is C16H19N5O2S. The van der Waals surface area contributed by atoms with Crippen molar-refractivity contribution in [1.82, 2.24) is 19.7 Å². The minimum atomic E-state index is -0.339. The molecule has 2 aromatic heterocycles. The summed E-state index contributed by atoms with van der Waals surface area (Å²) < 4.78 is 1.73. The number of carbonyl (C=O) groups excluding carboxylic acids is 2. The molecule has 1 fully saturated rings. The predicted molar refractivity (Wildman–Crippen MR) is 93.9 cm³/mol. The van der Waals surface area contributed by atoms with Crippen LogP contribution in [-0.4, -0.2) is 43.6 Å². The number of amides is 2. The van der Waals surface area contributed by atoms with Crippen molar-refractivity contribution < 1.29 is 9.59 Å². The van der Waals surface area contributed by atoms with E-state index in [4.69, 9.17) is 0 Å². The number of aromatic nitrogens is 2. The van der Waals surface area contributed by atoms with E-state index in [9.17, 15) is 9.59 Å². The van der Waals surface area contributed by atoms with Crippen LogP contribution >= 0.6 is 11.8 Å². The van der Waals surface area contributed by atoms with Crippen LogP contribution in [0.5, 0.6) is 0 Å². The van der Waals surface area contributed by atoms with Gasteiger partial charge in [-0.2, -0.15) is 0 Å². The fourth-order valence-corrected chi connectivity index (χ4v) is 3.42. The van der Waals surface area contributed by atoms with Crippen molar-refractivity contribution in [3.8, 4) is 0 Å². The van der Waals surface area contributed by atoms with Gasteiger partial charge in [-0.3, -0.25) is 18.9 Å². The van der Waals surface area contributed by atoms with Gasteiger partial charge in [-0.05, 0) is 25.5 Å². The van der Waals surface area contributed by atoms with Crippen molar-refractivity contribution in [3.63, 3.8) is 0 Å². The number of imidazole rings is 1. The summed E-state index contributed by atoms with van der Waals surface area (Å²) in [5.41, 5.74) is 4.36. The number of rotatable bonds is 5. The van der Waals surface area contributed by atoms with Gasteiger partial charge in [0.05, 0.1) is 11.4 Å². The van der Waals surface area contributed by atoms with Crippen molar-refractivity contribution in [3.05, 3.63) is 35.8 Å². The van der Waals surface area contributed by atoms with Crippen LogP contribution in [0.1, 0.15) is 35.9 Å². The van der Waals surface area contributed by atoms with Gasteiger partial charge in [0.15, 0.2) is 5.17 Å². The van der Waals surface area contributed by atoms with Gasteiger partial charge in [-0.1, -0.05) is 31.2 Å². The molecule has 1 aliphatic rings. The molecule has 0 aliphatic carbocycles. The maximum absolute atomic E-state index is 12.5. The monoisotopic (exact) mass is 345 g/mol. The summed E-state index contributed by atoms with van der Waals surface area (Å²) in [5, 5.41) is 4.71. The van der Waals surface area contributed by atoms with Crippen molar-refractivity contribution in [2.45, 2.75) is 26.7 Å². The van der Waals surface area contributed by atoms with Crippen LogP contribution in [0, 0.1) is 6.92 Å². The number of nitrogens with one attached hydrogen (secondary N) is 1. The van der Waals surface area contributed by atoms with E-state index in [0.29, 0.717) is 34.5 Å². The van der Waals surface area contributed by atoms with E-state index in [1.807, 2.05) is 18.2 Å². The molecule has 0 spiro atoms. The average Bonchev–Trinajstić information content (AvgIpc) is 3.09. The summed E-state index contributed by atoms with van der Waals surface area (Å²) in [7, 11) is 0. The number of fused-ring (bicyclic) bond motifs is 1. The highest BCUT2D eigenvalue weighted by molar-refractivity contribution is 8.15. The zero-order chi connectivity index (χ0) is 17.1. The molecule has 3 heterocycles. The molecule has 0 saturated carbocycles. The van der Waals surface area contributed by atoms with Crippen molar-refractivity contribution in [2.75, 3.05) is 12.3 Å². The lowest BCUT2D eigenvalue weighted by molar-refractivity contribution is -0.124. The van der Waals surface area contributed by atoms with E-state index in [1.54, 1.807) is 22.4 Å². The van der Waals surface area contributed by atoms with E-state index in [-0.39, 0.29) is 11.8 Å². The number of thioether (sulfide) groups is 1. The van der Waals surface area contributed by atoms with Gasteiger partial charge in [-0.25, -0.2) is 10.4 Å². The van der Waals surface area contributed by atoms with E-state index in [1.165, 1.54) is 11.8 Å². The fourth-order valence-electron chi connectivity index (χ4n) is 2.56. The number of nitrogens with zero attached hydrogens (tertiary/aromatic N) is 4. The van der Waals surface area contributed by atoms with Crippen molar-refractivity contribution >= 4 is 34.4 Å². The summed E-state index contributed by atoms with van der Waals surface area (Å²) in [6.45, 7) is 4.49. The normalized spacial score (nSPS) is 16.3. The highest BCUT2D eigenvalue weighted by atomic mass is 32.2. The molecule has 2 amide bonds. The lowest BCUT2D eigenvalue weighted by Gasteiger charge is -2.15. The zero-order valence-electron chi connectivity index (χ0n) is 13.7. The van der Waals surface area contributed by atoms with Gasteiger partial charge in [0.1, 0.15) is 11.3 Å². The Morgan fingerprint density at radius 1 is 1.46 bits per heavy atom.